The summed E-state index contributed by atoms with van der Waals surface area (Å²) in [6, 6.07) is 25.5. The number of nitrogens with zero attached hydrogens (tertiary/aromatic N) is 4. The highest BCUT2D eigenvalue weighted by Crippen LogP contribution is 2.52. The Balaban J connectivity index is 1.24. The maximum absolute atomic E-state index is 10.7. The number of aromatic nitrogens is 2. The van der Waals surface area contributed by atoms with Gasteiger partial charge in [0.15, 0.2) is 0 Å². The van der Waals surface area contributed by atoms with E-state index in [0.717, 1.165) is 22.3 Å². The van der Waals surface area contributed by atoms with Crippen molar-refractivity contribution < 1.29 is 19.2 Å². The van der Waals surface area contributed by atoms with Gasteiger partial charge >= 0.3 is 0 Å². The van der Waals surface area contributed by atoms with Crippen molar-refractivity contribution in [2.24, 2.45) is 0 Å². The van der Waals surface area contributed by atoms with Crippen LogP contribution in [0.2, 0.25) is 0 Å². The fourth-order valence-electron chi connectivity index (χ4n) is 11.0. The van der Waals surface area contributed by atoms with Gasteiger partial charge in [-0.05, 0) is 129 Å². The Kier molecular flexibility index (Phi) is 7.08. The lowest BCUT2D eigenvalue weighted by Crippen LogP contribution is -2.14. The molecule has 0 fully saturated rings. The summed E-state index contributed by atoms with van der Waals surface area (Å²) in [5.74, 6) is 0. The Morgan fingerprint density at radius 3 is 0.878 bits per heavy atom. The van der Waals surface area contributed by atoms with E-state index in [4.69, 9.17) is 5.48 Å². The molecule has 9 aromatic carbocycles. The molecular formula is C70H66N4. The SMILES string of the molecule is [2H]c1c([2H])c([2H])c2c(c1[2H])c1c(N(c3ccc(C(C)(C)C)cc3)c3ccc(C(C)(C)C)cc3)c([2H])c([2H])c3c4c([2H])c5c(c([2H])c4n2c31)c1c([2H])c([2H])c(N(c2ccc(C(C)(C)C)cc2)c2ccc(C(C)(C)C)cc2)c2c3c([2H])c([2H])c([2H])c([2H])c3n5c12. The molecule has 13 aromatic rings. The summed E-state index contributed by atoms with van der Waals surface area (Å²) < 4.78 is 141. The fraction of sp³-hybridized carbons (Fsp3) is 0.229. The summed E-state index contributed by atoms with van der Waals surface area (Å²) in [4.78, 5) is 3.67. The molecule has 0 atom stereocenters. The second-order valence-electron chi connectivity index (χ2n) is 24.1. The van der Waals surface area contributed by atoms with Gasteiger partial charge in [-0.1, -0.05) is 180 Å². The summed E-state index contributed by atoms with van der Waals surface area (Å²) >= 11 is 0. The predicted octanol–water partition coefficient (Wildman–Crippen LogP) is 20.1. The molecule has 0 aliphatic rings. The molecule has 13 rings (SSSR count). The molecule has 4 heterocycles. The number of hydrogen-bond acceptors (Lipinski definition) is 2. The summed E-state index contributed by atoms with van der Waals surface area (Å²) in [5.41, 5.74) is 6.03. The van der Waals surface area contributed by atoms with Gasteiger partial charge in [0.25, 0.3) is 0 Å². The van der Waals surface area contributed by atoms with Crippen LogP contribution in [0.25, 0.3) is 76.2 Å². The molecule has 0 saturated heterocycles. The van der Waals surface area contributed by atoms with Gasteiger partial charge in [0.05, 0.1) is 63.7 Å². The largest absolute Gasteiger partial charge is 0.310 e. The highest BCUT2D eigenvalue weighted by molar-refractivity contribution is 6.32. The third-order valence-corrected chi connectivity index (χ3v) is 15.1. The Labute approximate surface area is 455 Å². The summed E-state index contributed by atoms with van der Waals surface area (Å²) in [6.07, 6.45) is 0. The molecule has 4 heteroatoms. The average Bonchev–Trinajstić information content (AvgIpc) is 1.49. The minimum absolute atomic E-state index is 0.0142. The molecule has 0 unspecified atom stereocenters. The van der Waals surface area contributed by atoms with Crippen LogP contribution >= 0.6 is 0 Å². The highest BCUT2D eigenvalue weighted by atomic mass is 15.2. The lowest BCUT2D eigenvalue weighted by Gasteiger charge is -2.28. The number of benzene rings is 9. The van der Waals surface area contributed by atoms with Crippen LogP contribution in [0.3, 0.4) is 0 Å². The number of para-hydroxylation sites is 2. The zero-order chi connectivity index (χ0) is 63.6. The maximum Gasteiger partial charge on any atom is 0.0653 e. The molecule has 0 radical (unpaired) electrons. The van der Waals surface area contributed by atoms with Crippen LogP contribution in [0.5, 0.6) is 0 Å². The summed E-state index contributed by atoms with van der Waals surface area (Å²) in [7, 11) is 0. The molecular weight excluding hydrogens is 897 g/mol. The summed E-state index contributed by atoms with van der Waals surface area (Å²) in [6.45, 7) is 25.3. The van der Waals surface area contributed by atoms with Crippen molar-refractivity contribution in [1.29, 1.82) is 0 Å². The molecule has 0 bridgehead atoms. The third kappa shape index (κ3) is 6.94. The molecule has 4 nitrogen and oxygen atoms in total. The van der Waals surface area contributed by atoms with Crippen LogP contribution in [0, 0.1) is 0 Å². The average molecular weight is 977 g/mol. The molecule has 0 saturated carbocycles. The van der Waals surface area contributed by atoms with Gasteiger partial charge in [0, 0.05) is 65.8 Å². The van der Waals surface area contributed by atoms with Crippen molar-refractivity contribution in [2.75, 3.05) is 9.80 Å². The lowest BCUT2D eigenvalue weighted by molar-refractivity contribution is 0.590. The van der Waals surface area contributed by atoms with Gasteiger partial charge in [0.2, 0.25) is 0 Å². The standard InChI is InChI=1S/C70H66N4/c1-67(2,3)43-21-29-47(30-22-43)71(48-31-23-44(24-32-48)68(4,5)6)59-39-37-51-55-41-62-56(42-61(55)73-57-19-15-13-17-53(57)63(59)65(51)73)52-38-40-60(64-54-18-14-16-20-58(54)74(62)66(52)64)72(49-33-25-45(26-34-49)69(7,8)9)50-35-27-46(28-36-50)70(10,11)12/h13-42H,1-12H3/i13D,14D,15D,16D,17D,18D,19D,20D,37D,38D,39D,40D,41D,42D. The number of anilines is 6. The second kappa shape index (κ2) is 15.8. The molecule has 0 amide bonds. The normalized spacial score (nSPS) is 15.8. The van der Waals surface area contributed by atoms with Crippen LogP contribution in [0.4, 0.5) is 34.1 Å². The van der Waals surface area contributed by atoms with Gasteiger partial charge in [-0.2, -0.15) is 0 Å². The number of hydrogen-bond donors (Lipinski definition) is 0. The van der Waals surface area contributed by atoms with E-state index >= 15 is 0 Å². The molecule has 0 spiro atoms. The van der Waals surface area contributed by atoms with Crippen LogP contribution in [0.1, 0.15) is 125 Å². The zero-order valence-electron chi connectivity index (χ0n) is 58.0. The molecule has 366 valence electrons. The van der Waals surface area contributed by atoms with Gasteiger partial charge in [-0.3, -0.25) is 0 Å². The van der Waals surface area contributed by atoms with Crippen molar-refractivity contribution in [3.8, 4) is 0 Å². The summed E-state index contributed by atoms with van der Waals surface area (Å²) in [5, 5.41) is 0.433. The van der Waals surface area contributed by atoms with Gasteiger partial charge in [-0.25, -0.2) is 0 Å². The van der Waals surface area contributed by atoms with Crippen molar-refractivity contribution in [3.63, 3.8) is 0 Å². The van der Waals surface area contributed by atoms with E-state index in [9.17, 15) is 13.7 Å². The molecule has 4 aromatic heterocycles. The Morgan fingerprint density at radius 1 is 0.311 bits per heavy atom. The Bertz CT molecular complexity index is 4700. The minimum Gasteiger partial charge on any atom is -0.310 e. The second-order valence-corrected chi connectivity index (χ2v) is 24.1. The van der Waals surface area contributed by atoms with Crippen LogP contribution < -0.4 is 9.80 Å². The lowest BCUT2D eigenvalue weighted by atomic mass is 9.86. The quantitative estimate of drug-likeness (QED) is 0.165. The van der Waals surface area contributed by atoms with E-state index in [2.05, 4.69) is 83.1 Å². The minimum atomic E-state index is -0.566. The first-order valence-corrected chi connectivity index (χ1v) is 25.5. The van der Waals surface area contributed by atoms with Crippen molar-refractivity contribution in [1.82, 2.24) is 8.80 Å². The van der Waals surface area contributed by atoms with Gasteiger partial charge in [-0.15, -0.1) is 0 Å². The van der Waals surface area contributed by atoms with Crippen molar-refractivity contribution in [2.45, 2.75) is 105 Å². The monoisotopic (exact) mass is 977 g/mol. The van der Waals surface area contributed by atoms with E-state index in [1.54, 1.807) is 0 Å². The molecule has 0 aliphatic carbocycles. The van der Waals surface area contributed by atoms with E-state index < -0.39 is 48.3 Å². The fourth-order valence-corrected chi connectivity index (χ4v) is 11.0. The zero-order valence-corrected chi connectivity index (χ0v) is 44.0. The highest BCUT2D eigenvalue weighted by Gasteiger charge is 2.29. The van der Waals surface area contributed by atoms with Gasteiger partial charge in [0.1, 0.15) is 0 Å². The first-order chi connectivity index (χ1) is 41.1. The van der Waals surface area contributed by atoms with E-state index in [-0.39, 0.29) is 145 Å². The first kappa shape index (κ1) is 33.1. The molecule has 0 aliphatic heterocycles. The van der Waals surface area contributed by atoms with E-state index in [0.29, 0.717) is 22.7 Å². The first-order valence-electron chi connectivity index (χ1n) is 32.5. The predicted molar refractivity (Wildman–Crippen MR) is 320 cm³/mol. The van der Waals surface area contributed by atoms with Crippen LogP contribution in [0.15, 0.2) is 182 Å². The Hall–Kier alpha value is -7.82. The Morgan fingerprint density at radius 2 is 0.595 bits per heavy atom. The topological polar surface area (TPSA) is 15.3 Å². The molecule has 0 N–H and O–H groups in total. The van der Waals surface area contributed by atoms with Gasteiger partial charge < -0.3 is 18.6 Å². The maximum atomic E-state index is 10.7. The van der Waals surface area contributed by atoms with Crippen molar-refractivity contribution >= 4 is 110 Å². The third-order valence-electron chi connectivity index (χ3n) is 15.1. The number of fused-ring (bicyclic) bond motifs is 12. The van der Waals surface area contributed by atoms with Crippen LogP contribution in [-0.4, -0.2) is 8.80 Å². The van der Waals surface area contributed by atoms with Crippen molar-refractivity contribution in [3.05, 3.63) is 204 Å². The van der Waals surface area contributed by atoms with E-state index in [1.165, 1.54) is 8.80 Å². The smallest absolute Gasteiger partial charge is 0.0653 e. The van der Waals surface area contributed by atoms with Crippen LogP contribution in [-0.2, 0) is 21.7 Å². The van der Waals surface area contributed by atoms with E-state index in [1.807, 2.05) is 107 Å². The number of rotatable bonds is 6. The molecule has 74 heavy (non-hydrogen) atoms.